The second kappa shape index (κ2) is 10.5. The van der Waals surface area contributed by atoms with E-state index in [0.29, 0.717) is 38.3 Å². The van der Waals surface area contributed by atoms with Crippen LogP contribution in [0.3, 0.4) is 0 Å². The molecular formula is C23H33N5O4. The second-order valence-electron chi connectivity index (χ2n) is 8.45. The summed E-state index contributed by atoms with van der Waals surface area (Å²) in [5.41, 5.74) is 6.56. The number of nitrogens with two attached hydrogens (primary N) is 1. The van der Waals surface area contributed by atoms with E-state index in [1.165, 1.54) is 9.47 Å². The van der Waals surface area contributed by atoms with Crippen molar-refractivity contribution in [2.75, 3.05) is 48.4 Å². The first-order valence-corrected chi connectivity index (χ1v) is 11.2. The lowest BCUT2D eigenvalue weighted by molar-refractivity contribution is 0.0986. The Balaban J connectivity index is 1.97. The molecule has 0 aliphatic carbocycles. The van der Waals surface area contributed by atoms with Crippen molar-refractivity contribution in [1.29, 1.82) is 0 Å². The number of benzene rings is 1. The van der Waals surface area contributed by atoms with Crippen molar-refractivity contribution in [3.63, 3.8) is 0 Å². The summed E-state index contributed by atoms with van der Waals surface area (Å²) in [4.78, 5) is 44.5. The third kappa shape index (κ3) is 5.21. The quantitative estimate of drug-likeness (QED) is 0.646. The van der Waals surface area contributed by atoms with Crippen molar-refractivity contribution in [3.8, 4) is 0 Å². The molecular weight excluding hydrogens is 410 g/mol. The number of amides is 1. The predicted molar refractivity (Wildman–Crippen MR) is 127 cm³/mol. The Labute approximate surface area is 187 Å². The van der Waals surface area contributed by atoms with E-state index in [9.17, 15) is 14.4 Å². The molecule has 9 heteroatoms. The zero-order chi connectivity index (χ0) is 23.3. The molecule has 2 heterocycles. The Hall–Kier alpha value is -3.07. The summed E-state index contributed by atoms with van der Waals surface area (Å²) in [6.45, 7) is 9.55. The van der Waals surface area contributed by atoms with Gasteiger partial charge in [0, 0.05) is 37.4 Å². The molecule has 0 saturated carbocycles. The minimum Gasteiger partial charge on any atom is -0.383 e. The highest BCUT2D eigenvalue weighted by Crippen LogP contribution is 2.23. The van der Waals surface area contributed by atoms with Crippen LogP contribution < -0.4 is 26.8 Å². The van der Waals surface area contributed by atoms with Crippen LogP contribution in [-0.2, 0) is 11.3 Å². The van der Waals surface area contributed by atoms with Crippen molar-refractivity contribution < 1.29 is 9.53 Å². The molecule has 2 aromatic rings. The Kier molecular flexibility index (Phi) is 7.74. The lowest BCUT2D eigenvalue weighted by Gasteiger charge is -2.29. The molecule has 1 aliphatic heterocycles. The molecule has 0 spiro atoms. The first kappa shape index (κ1) is 23.6. The molecule has 9 nitrogen and oxygen atoms in total. The maximum atomic E-state index is 13.5. The first-order chi connectivity index (χ1) is 15.3. The number of aromatic amines is 1. The van der Waals surface area contributed by atoms with E-state index in [4.69, 9.17) is 10.5 Å². The molecule has 1 saturated heterocycles. The Morgan fingerprint density at radius 1 is 1.19 bits per heavy atom. The number of ether oxygens (including phenoxy) is 1. The number of H-pyrrole nitrogens is 1. The summed E-state index contributed by atoms with van der Waals surface area (Å²) in [5.74, 6) is -0.165. The standard InChI is InChI=1S/C23H33N5O4/c1-4-5-10-27(19-20(24)28(15-16(2)3)23(31)25-21(19)29)22(30)17-6-8-18(9-7-17)26-11-13-32-14-12-26/h6-9,16H,4-5,10-15,24H2,1-3H3,(H,25,29,31). The number of nitrogens with zero attached hydrogens (tertiary/aromatic N) is 3. The monoisotopic (exact) mass is 443 g/mol. The summed E-state index contributed by atoms with van der Waals surface area (Å²) < 4.78 is 6.72. The van der Waals surface area contributed by atoms with Crippen molar-refractivity contribution in [2.24, 2.45) is 5.92 Å². The van der Waals surface area contributed by atoms with Crippen LogP contribution in [0.1, 0.15) is 44.0 Å². The Morgan fingerprint density at radius 3 is 2.44 bits per heavy atom. The van der Waals surface area contributed by atoms with Crippen molar-refractivity contribution in [2.45, 2.75) is 40.2 Å². The van der Waals surface area contributed by atoms with Crippen molar-refractivity contribution >= 4 is 23.1 Å². The number of hydrogen-bond acceptors (Lipinski definition) is 6. The maximum Gasteiger partial charge on any atom is 0.330 e. The van der Waals surface area contributed by atoms with Crippen LogP contribution in [-0.4, -0.2) is 48.3 Å². The van der Waals surface area contributed by atoms with Gasteiger partial charge in [-0.05, 0) is 36.6 Å². The number of nitrogens with one attached hydrogen (secondary N) is 1. The number of rotatable bonds is 8. The average Bonchev–Trinajstić information content (AvgIpc) is 2.79. The van der Waals surface area contributed by atoms with Gasteiger partial charge >= 0.3 is 5.69 Å². The second-order valence-corrected chi connectivity index (χ2v) is 8.45. The van der Waals surface area contributed by atoms with E-state index in [-0.39, 0.29) is 23.3 Å². The molecule has 0 radical (unpaired) electrons. The van der Waals surface area contributed by atoms with Crippen LogP contribution >= 0.6 is 0 Å². The number of aromatic nitrogens is 2. The molecule has 3 N–H and O–H groups in total. The predicted octanol–water partition coefficient (Wildman–Crippen LogP) is 2.06. The van der Waals surface area contributed by atoms with Crippen LogP contribution in [0.15, 0.2) is 33.9 Å². The zero-order valence-electron chi connectivity index (χ0n) is 19.1. The van der Waals surface area contributed by atoms with E-state index in [2.05, 4.69) is 9.88 Å². The van der Waals surface area contributed by atoms with Gasteiger partial charge in [-0.25, -0.2) is 4.79 Å². The van der Waals surface area contributed by atoms with Crippen LogP contribution in [0.5, 0.6) is 0 Å². The number of carbonyl (C=O) groups is 1. The van der Waals surface area contributed by atoms with Gasteiger partial charge in [0.2, 0.25) is 0 Å². The minimum absolute atomic E-state index is 0.0156. The summed E-state index contributed by atoms with van der Waals surface area (Å²) in [6, 6.07) is 7.34. The molecule has 0 bridgehead atoms. The number of anilines is 3. The van der Waals surface area contributed by atoms with Crippen molar-refractivity contribution in [1.82, 2.24) is 9.55 Å². The first-order valence-electron chi connectivity index (χ1n) is 11.2. The third-order valence-electron chi connectivity index (χ3n) is 5.50. The Bertz CT molecular complexity index is 1040. The molecule has 1 amide bonds. The SMILES string of the molecule is CCCCN(C(=O)c1ccc(N2CCOCC2)cc1)c1c(N)n(CC(C)C)c(=O)[nH]c1=O. The molecule has 1 aromatic heterocycles. The van der Waals surface area contributed by atoms with Crippen molar-refractivity contribution in [3.05, 3.63) is 50.7 Å². The van der Waals surface area contributed by atoms with Crippen LogP contribution in [0.2, 0.25) is 0 Å². The van der Waals surface area contributed by atoms with Gasteiger partial charge in [0.15, 0.2) is 5.69 Å². The molecule has 1 aliphatic rings. The van der Waals surface area contributed by atoms with Gasteiger partial charge in [0.25, 0.3) is 11.5 Å². The largest absolute Gasteiger partial charge is 0.383 e. The fraction of sp³-hybridized carbons (Fsp3) is 0.522. The number of hydrogen-bond donors (Lipinski definition) is 2. The van der Waals surface area contributed by atoms with Gasteiger partial charge in [0.05, 0.1) is 13.2 Å². The van der Waals surface area contributed by atoms with Gasteiger partial charge in [-0.3, -0.25) is 19.1 Å². The highest BCUT2D eigenvalue weighted by molar-refractivity contribution is 6.07. The summed E-state index contributed by atoms with van der Waals surface area (Å²) in [6.07, 6.45) is 1.53. The lowest BCUT2D eigenvalue weighted by atomic mass is 10.1. The van der Waals surface area contributed by atoms with Gasteiger partial charge in [-0.1, -0.05) is 27.2 Å². The van der Waals surface area contributed by atoms with Gasteiger partial charge in [0.1, 0.15) is 5.82 Å². The zero-order valence-corrected chi connectivity index (χ0v) is 19.1. The van der Waals surface area contributed by atoms with E-state index in [1.807, 2.05) is 32.9 Å². The smallest absolute Gasteiger partial charge is 0.330 e. The molecule has 1 fully saturated rings. The van der Waals surface area contributed by atoms with E-state index in [1.54, 1.807) is 12.1 Å². The highest BCUT2D eigenvalue weighted by Gasteiger charge is 2.25. The molecule has 174 valence electrons. The maximum absolute atomic E-state index is 13.5. The van der Waals surface area contributed by atoms with Gasteiger partial charge in [-0.15, -0.1) is 0 Å². The number of nitrogen functional groups attached to an aromatic ring is 1. The molecule has 1 aromatic carbocycles. The lowest BCUT2D eigenvalue weighted by Crippen LogP contribution is -2.42. The topological polar surface area (TPSA) is 114 Å². The Morgan fingerprint density at radius 2 is 1.84 bits per heavy atom. The van der Waals surface area contributed by atoms with Gasteiger partial charge in [-0.2, -0.15) is 0 Å². The summed E-state index contributed by atoms with van der Waals surface area (Å²) in [5, 5.41) is 0. The van der Waals surface area contributed by atoms with Crippen LogP contribution in [0, 0.1) is 5.92 Å². The fourth-order valence-corrected chi connectivity index (χ4v) is 3.81. The van der Waals surface area contributed by atoms with E-state index in [0.717, 1.165) is 25.2 Å². The molecule has 32 heavy (non-hydrogen) atoms. The third-order valence-corrected chi connectivity index (χ3v) is 5.50. The van der Waals surface area contributed by atoms with Crippen LogP contribution in [0.4, 0.5) is 17.2 Å². The highest BCUT2D eigenvalue weighted by atomic mass is 16.5. The molecule has 0 atom stereocenters. The summed E-state index contributed by atoms with van der Waals surface area (Å²) >= 11 is 0. The number of morpholine rings is 1. The van der Waals surface area contributed by atoms with E-state index >= 15 is 0 Å². The van der Waals surface area contributed by atoms with Gasteiger partial charge < -0.3 is 20.3 Å². The number of unbranched alkanes of at least 4 members (excludes halogenated alkanes) is 1. The summed E-state index contributed by atoms with van der Waals surface area (Å²) in [7, 11) is 0. The molecule has 0 unspecified atom stereocenters. The van der Waals surface area contributed by atoms with E-state index < -0.39 is 11.2 Å². The average molecular weight is 444 g/mol. The number of carbonyl (C=O) groups excluding carboxylic acids is 1. The fourth-order valence-electron chi connectivity index (χ4n) is 3.81. The normalized spacial score (nSPS) is 14.1. The molecule has 3 rings (SSSR count). The minimum atomic E-state index is -0.651. The van der Waals surface area contributed by atoms with Crippen LogP contribution in [0.25, 0.3) is 0 Å².